The van der Waals surface area contributed by atoms with Gasteiger partial charge in [0.15, 0.2) is 11.5 Å². The highest BCUT2D eigenvalue weighted by molar-refractivity contribution is 8.00. The Hall–Kier alpha value is -2.14. The van der Waals surface area contributed by atoms with Crippen molar-refractivity contribution in [2.75, 3.05) is 19.1 Å². The molecule has 5 heteroatoms. The number of hydrogen-bond acceptors (Lipinski definition) is 4. The van der Waals surface area contributed by atoms with Crippen LogP contribution in [0.1, 0.15) is 25.0 Å². The summed E-state index contributed by atoms with van der Waals surface area (Å²) in [6.07, 6.45) is 0. The molecule has 0 bridgehead atoms. The average molecular weight is 357 g/mol. The molecule has 0 radical (unpaired) electrons. The van der Waals surface area contributed by atoms with Crippen LogP contribution in [0.25, 0.3) is 0 Å². The lowest BCUT2D eigenvalue weighted by Gasteiger charge is -2.26. The van der Waals surface area contributed by atoms with E-state index in [0.717, 1.165) is 22.0 Å². The maximum Gasteiger partial charge on any atom is 0.231 e. The molecule has 1 aliphatic heterocycles. The van der Waals surface area contributed by atoms with Crippen LogP contribution in [0, 0.1) is 6.92 Å². The Morgan fingerprint density at radius 1 is 1.16 bits per heavy atom. The molecule has 1 amide bonds. The fraction of sp³-hybridized carbons (Fsp3) is 0.350. The third kappa shape index (κ3) is 4.28. The highest BCUT2D eigenvalue weighted by Crippen LogP contribution is 2.36. The molecule has 1 heterocycles. The zero-order valence-corrected chi connectivity index (χ0v) is 15.6. The fourth-order valence-electron chi connectivity index (χ4n) is 2.65. The molecule has 2 aromatic carbocycles. The topological polar surface area (TPSA) is 47.6 Å². The summed E-state index contributed by atoms with van der Waals surface area (Å²) in [5, 5.41) is 3.05. The summed E-state index contributed by atoms with van der Waals surface area (Å²) in [4.78, 5) is 13.4. The number of amides is 1. The second kappa shape index (κ2) is 7.40. The van der Waals surface area contributed by atoms with E-state index >= 15 is 0 Å². The molecule has 1 aliphatic rings. The van der Waals surface area contributed by atoms with Gasteiger partial charge >= 0.3 is 0 Å². The van der Waals surface area contributed by atoms with Gasteiger partial charge in [-0.15, -0.1) is 11.8 Å². The molecular weight excluding hydrogens is 334 g/mol. The Kier molecular flexibility index (Phi) is 5.23. The Balaban J connectivity index is 1.54. The predicted octanol–water partition coefficient (Wildman–Crippen LogP) is 3.91. The second-order valence-corrected chi connectivity index (χ2v) is 7.80. The first-order valence-electron chi connectivity index (χ1n) is 8.31. The molecule has 25 heavy (non-hydrogen) atoms. The molecule has 4 nitrogen and oxygen atoms in total. The standard InChI is InChI=1S/C20H23NO3S/c1-14-6-4-5-7-18(14)25-11-19(22)21-12-20(2,3)15-8-9-16-17(10-15)24-13-23-16/h4-10H,11-13H2,1-3H3,(H,21,22). The second-order valence-electron chi connectivity index (χ2n) is 6.78. The average Bonchev–Trinajstić information content (AvgIpc) is 3.07. The lowest BCUT2D eigenvalue weighted by molar-refractivity contribution is -0.118. The van der Waals surface area contributed by atoms with E-state index in [4.69, 9.17) is 9.47 Å². The van der Waals surface area contributed by atoms with Crippen molar-refractivity contribution in [2.24, 2.45) is 0 Å². The predicted molar refractivity (Wildman–Crippen MR) is 101 cm³/mol. The first-order valence-corrected chi connectivity index (χ1v) is 9.29. The van der Waals surface area contributed by atoms with Gasteiger partial charge in [0.2, 0.25) is 12.7 Å². The summed E-state index contributed by atoms with van der Waals surface area (Å²) in [6, 6.07) is 14.1. The van der Waals surface area contributed by atoms with Crippen molar-refractivity contribution in [3.63, 3.8) is 0 Å². The molecule has 2 aromatic rings. The van der Waals surface area contributed by atoms with Gasteiger partial charge in [-0.05, 0) is 36.2 Å². The third-order valence-electron chi connectivity index (χ3n) is 4.33. The number of nitrogens with one attached hydrogen (secondary N) is 1. The first kappa shape index (κ1) is 17.7. The van der Waals surface area contributed by atoms with Crippen molar-refractivity contribution in [3.05, 3.63) is 53.6 Å². The monoisotopic (exact) mass is 357 g/mol. The van der Waals surface area contributed by atoms with Crippen molar-refractivity contribution in [1.82, 2.24) is 5.32 Å². The van der Waals surface area contributed by atoms with Gasteiger partial charge in [0.1, 0.15) is 0 Å². The van der Waals surface area contributed by atoms with E-state index in [-0.39, 0.29) is 18.1 Å². The van der Waals surface area contributed by atoms with Crippen LogP contribution in [-0.4, -0.2) is 25.0 Å². The van der Waals surface area contributed by atoms with Gasteiger partial charge in [-0.2, -0.15) is 0 Å². The maximum atomic E-state index is 12.2. The molecule has 0 saturated carbocycles. The lowest BCUT2D eigenvalue weighted by Crippen LogP contribution is -2.37. The summed E-state index contributed by atoms with van der Waals surface area (Å²) in [7, 11) is 0. The fourth-order valence-corrected chi connectivity index (χ4v) is 3.51. The highest BCUT2D eigenvalue weighted by Gasteiger charge is 2.24. The number of aryl methyl sites for hydroxylation is 1. The normalized spacial score (nSPS) is 12.9. The van der Waals surface area contributed by atoms with Crippen molar-refractivity contribution in [3.8, 4) is 11.5 Å². The number of carbonyl (C=O) groups excluding carboxylic acids is 1. The van der Waals surface area contributed by atoms with Gasteiger partial charge in [0.25, 0.3) is 0 Å². The zero-order chi connectivity index (χ0) is 17.9. The van der Waals surface area contributed by atoms with E-state index < -0.39 is 0 Å². The minimum atomic E-state index is -0.191. The molecule has 0 saturated heterocycles. The number of ether oxygens (including phenoxy) is 2. The van der Waals surface area contributed by atoms with Crippen LogP contribution < -0.4 is 14.8 Å². The minimum absolute atomic E-state index is 0.0436. The largest absolute Gasteiger partial charge is 0.454 e. The number of carbonyl (C=O) groups is 1. The Bertz CT molecular complexity index is 773. The summed E-state index contributed by atoms with van der Waals surface area (Å²) in [5.41, 5.74) is 2.12. The zero-order valence-electron chi connectivity index (χ0n) is 14.8. The smallest absolute Gasteiger partial charge is 0.231 e. The van der Waals surface area contributed by atoms with Gasteiger partial charge in [0.05, 0.1) is 5.75 Å². The SMILES string of the molecule is Cc1ccccc1SCC(=O)NCC(C)(C)c1ccc2c(c1)OCO2. The van der Waals surface area contributed by atoms with Crippen LogP contribution in [0.4, 0.5) is 0 Å². The summed E-state index contributed by atoms with van der Waals surface area (Å²) < 4.78 is 10.8. The highest BCUT2D eigenvalue weighted by atomic mass is 32.2. The molecular formula is C20H23NO3S. The van der Waals surface area contributed by atoms with E-state index in [0.29, 0.717) is 12.3 Å². The van der Waals surface area contributed by atoms with Crippen molar-refractivity contribution < 1.29 is 14.3 Å². The summed E-state index contributed by atoms with van der Waals surface area (Å²) in [6.45, 7) is 7.12. The van der Waals surface area contributed by atoms with E-state index in [9.17, 15) is 4.79 Å². The van der Waals surface area contributed by atoms with Crippen LogP contribution in [0.2, 0.25) is 0 Å². The molecule has 0 spiro atoms. The van der Waals surface area contributed by atoms with Crippen molar-refractivity contribution in [1.29, 1.82) is 0 Å². The molecule has 0 aromatic heterocycles. The Morgan fingerprint density at radius 3 is 2.72 bits per heavy atom. The van der Waals surface area contributed by atoms with E-state index in [1.54, 1.807) is 11.8 Å². The third-order valence-corrected chi connectivity index (χ3v) is 5.51. The van der Waals surface area contributed by atoms with Gasteiger partial charge in [-0.3, -0.25) is 4.79 Å². The Morgan fingerprint density at radius 2 is 1.92 bits per heavy atom. The molecule has 0 aliphatic carbocycles. The summed E-state index contributed by atoms with van der Waals surface area (Å²) >= 11 is 1.57. The van der Waals surface area contributed by atoms with Crippen molar-refractivity contribution in [2.45, 2.75) is 31.1 Å². The van der Waals surface area contributed by atoms with Gasteiger partial charge in [-0.1, -0.05) is 38.1 Å². The lowest BCUT2D eigenvalue weighted by atomic mass is 9.84. The Labute approximate surface area is 152 Å². The number of thioether (sulfide) groups is 1. The van der Waals surface area contributed by atoms with Crippen LogP contribution in [0.5, 0.6) is 11.5 Å². The van der Waals surface area contributed by atoms with E-state index in [2.05, 4.69) is 32.2 Å². The molecule has 0 fully saturated rings. The van der Waals surface area contributed by atoms with Gasteiger partial charge in [0, 0.05) is 16.9 Å². The van der Waals surface area contributed by atoms with E-state index in [1.807, 2.05) is 36.4 Å². The summed E-state index contributed by atoms with van der Waals surface area (Å²) in [5.74, 6) is 2.01. The number of hydrogen-bond donors (Lipinski definition) is 1. The first-order chi connectivity index (χ1) is 12.0. The van der Waals surface area contributed by atoms with Crippen molar-refractivity contribution >= 4 is 17.7 Å². The molecule has 3 rings (SSSR count). The molecule has 1 N–H and O–H groups in total. The van der Waals surface area contributed by atoms with E-state index in [1.165, 1.54) is 5.56 Å². The number of rotatable bonds is 6. The molecule has 0 unspecified atom stereocenters. The van der Waals surface area contributed by atoms with Gasteiger partial charge in [-0.25, -0.2) is 0 Å². The quantitative estimate of drug-likeness (QED) is 0.796. The minimum Gasteiger partial charge on any atom is -0.454 e. The van der Waals surface area contributed by atoms with Crippen LogP contribution >= 0.6 is 11.8 Å². The number of fused-ring (bicyclic) bond motifs is 1. The molecule has 0 atom stereocenters. The van der Waals surface area contributed by atoms with Crippen LogP contribution in [0.15, 0.2) is 47.4 Å². The van der Waals surface area contributed by atoms with Gasteiger partial charge < -0.3 is 14.8 Å². The maximum absolute atomic E-state index is 12.2. The molecule has 132 valence electrons. The number of benzene rings is 2. The van der Waals surface area contributed by atoms with Crippen LogP contribution in [-0.2, 0) is 10.2 Å². The van der Waals surface area contributed by atoms with Crippen LogP contribution in [0.3, 0.4) is 0 Å².